The van der Waals surface area contributed by atoms with Gasteiger partial charge in [-0.15, -0.1) is 0 Å². The van der Waals surface area contributed by atoms with E-state index >= 15 is 0 Å². The zero-order valence-corrected chi connectivity index (χ0v) is 38.8. The van der Waals surface area contributed by atoms with Crippen molar-refractivity contribution in [2.45, 2.75) is 238 Å². The molecule has 4 N–H and O–H groups in total. The summed E-state index contributed by atoms with van der Waals surface area (Å²) in [5.41, 5.74) is 5.49. The fourth-order valence-electron chi connectivity index (χ4n) is 7.07. The Hall–Kier alpha value is -3.19. The summed E-state index contributed by atoms with van der Waals surface area (Å²) in [6, 6.07) is -0.864. The van der Waals surface area contributed by atoms with Crippen molar-refractivity contribution >= 4 is 17.8 Å². The normalized spacial score (nSPS) is 13.2. The van der Waals surface area contributed by atoms with Crippen LogP contribution >= 0.6 is 0 Å². The summed E-state index contributed by atoms with van der Waals surface area (Å²) in [4.78, 5) is 36.5. The molecule has 0 aromatic carbocycles. The van der Waals surface area contributed by atoms with Gasteiger partial charge >= 0.3 is 11.9 Å². The minimum Gasteiger partial charge on any atom is -0.480 e. The highest BCUT2D eigenvalue weighted by Gasteiger charge is 2.19. The quantitative estimate of drug-likeness (QED) is 0.0319. The zero-order chi connectivity index (χ0) is 43.8. The van der Waals surface area contributed by atoms with E-state index < -0.39 is 12.0 Å². The Balaban J connectivity index is 4.24. The highest BCUT2D eigenvalue weighted by Crippen LogP contribution is 2.18. The van der Waals surface area contributed by atoms with Gasteiger partial charge in [0.2, 0.25) is 5.91 Å². The first-order chi connectivity index (χ1) is 29.4. The van der Waals surface area contributed by atoms with E-state index in [-0.39, 0.29) is 18.0 Å². The van der Waals surface area contributed by atoms with Crippen LogP contribution in [0.2, 0.25) is 0 Å². The van der Waals surface area contributed by atoms with Gasteiger partial charge in [0.15, 0.2) is 0 Å². The SMILES string of the molecule is CC/C=C\C/C=C\C/C=C\C/C=C\CCCCCCCCCCCCC(=O)OC(CCC/C=C\C/C=C\CCCCC)CCCCCCCC(=O)NC(CCCN)C(=O)O. The Bertz CT molecular complexity index is 1170. The number of hydrogen-bond acceptors (Lipinski definition) is 5. The topological polar surface area (TPSA) is 119 Å². The third-order valence-electron chi connectivity index (χ3n) is 10.8. The number of allylic oxidation sites excluding steroid dienone is 12. The van der Waals surface area contributed by atoms with Crippen LogP contribution in [0.3, 0.4) is 0 Å². The molecule has 0 aliphatic carbocycles. The molecule has 0 saturated carbocycles. The number of unbranched alkanes of at least 4 members (excludes halogenated alkanes) is 18. The molecule has 7 heteroatoms. The lowest BCUT2D eigenvalue weighted by atomic mass is 10.0. The van der Waals surface area contributed by atoms with Crippen molar-refractivity contribution in [1.29, 1.82) is 0 Å². The van der Waals surface area contributed by atoms with Gasteiger partial charge in [0.1, 0.15) is 12.1 Å². The van der Waals surface area contributed by atoms with Crippen LogP contribution in [-0.2, 0) is 19.1 Å². The number of nitrogens with one attached hydrogen (secondary N) is 1. The number of aliphatic carboxylic acids is 1. The van der Waals surface area contributed by atoms with E-state index in [0.29, 0.717) is 32.2 Å². The number of carbonyl (C=O) groups excluding carboxylic acids is 2. The average molecular weight is 837 g/mol. The van der Waals surface area contributed by atoms with Crippen LogP contribution in [0.5, 0.6) is 0 Å². The molecule has 0 rings (SSSR count). The number of hydrogen-bond donors (Lipinski definition) is 3. The number of amides is 1. The van der Waals surface area contributed by atoms with Gasteiger partial charge in [-0.25, -0.2) is 4.79 Å². The Morgan fingerprint density at radius 3 is 1.45 bits per heavy atom. The molecule has 0 radical (unpaired) electrons. The molecule has 0 heterocycles. The molecule has 0 bridgehead atoms. The number of carbonyl (C=O) groups is 3. The number of ether oxygens (including phenoxy) is 1. The van der Waals surface area contributed by atoms with Crippen molar-refractivity contribution in [2.24, 2.45) is 5.73 Å². The number of esters is 1. The Morgan fingerprint density at radius 1 is 0.500 bits per heavy atom. The van der Waals surface area contributed by atoms with E-state index in [2.05, 4.69) is 92.1 Å². The molecule has 7 nitrogen and oxygen atoms in total. The summed E-state index contributed by atoms with van der Waals surface area (Å²) in [5, 5.41) is 12.0. The van der Waals surface area contributed by atoms with Crippen LogP contribution in [0, 0.1) is 0 Å². The summed E-state index contributed by atoms with van der Waals surface area (Å²) in [5.74, 6) is -1.27. The highest BCUT2D eigenvalue weighted by molar-refractivity contribution is 5.83. The third kappa shape index (κ3) is 42.9. The van der Waals surface area contributed by atoms with Crippen LogP contribution in [0.25, 0.3) is 0 Å². The maximum atomic E-state index is 12.9. The predicted molar refractivity (Wildman–Crippen MR) is 257 cm³/mol. The number of carboxylic acid groups (broad SMARTS) is 1. The van der Waals surface area contributed by atoms with Crippen LogP contribution in [0.15, 0.2) is 72.9 Å². The second kappa shape index (κ2) is 46.9. The van der Waals surface area contributed by atoms with Crippen LogP contribution in [-0.4, -0.2) is 41.6 Å². The molecule has 344 valence electrons. The Morgan fingerprint density at radius 2 is 0.933 bits per heavy atom. The molecule has 2 unspecified atom stereocenters. The van der Waals surface area contributed by atoms with Crippen LogP contribution in [0.4, 0.5) is 0 Å². The van der Waals surface area contributed by atoms with E-state index in [9.17, 15) is 19.5 Å². The summed E-state index contributed by atoms with van der Waals surface area (Å²) in [6.07, 6.45) is 61.0. The van der Waals surface area contributed by atoms with E-state index in [1.807, 2.05) is 0 Å². The van der Waals surface area contributed by atoms with Gasteiger partial charge in [0.25, 0.3) is 0 Å². The van der Waals surface area contributed by atoms with Crippen molar-refractivity contribution in [3.63, 3.8) is 0 Å². The van der Waals surface area contributed by atoms with E-state index in [1.54, 1.807) is 0 Å². The molecular formula is C53H92N2O5. The molecule has 60 heavy (non-hydrogen) atoms. The first-order valence-corrected chi connectivity index (χ1v) is 24.8. The van der Waals surface area contributed by atoms with Gasteiger partial charge in [-0.05, 0) is 122 Å². The van der Waals surface area contributed by atoms with Crippen molar-refractivity contribution in [3.05, 3.63) is 72.9 Å². The monoisotopic (exact) mass is 837 g/mol. The fourth-order valence-corrected chi connectivity index (χ4v) is 7.07. The minimum atomic E-state index is -1.01. The smallest absolute Gasteiger partial charge is 0.326 e. The lowest BCUT2D eigenvalue weighted by molar-refractivity contribution is -0.150. The lowest BCUT2D eigenvalue weighted by Gasteiger charge is -2.18. The van der Waals surface area contributed by atoms with Crippen molar-refractivity contribution in [2.75, 3.05) is 6.54 Å². The molecule has 0 aromatic heterocycles. The standard InChI is InChI=1S/C53H92N2O5/c1-3-5-7-9-11-13-15-16-17-18-19-20-21-22-23-24-25-26-28-30-32-37-41-47-52(57)60-49(43-38-34-31-29-27-14-12-10-8-6-4-2)44-39-35-33-36-40-46-51(56)55-50(53(58)59)45-42-48-54/h5,7,11-14,16-17,19-20,29,31,49-50H,3-4,6,8-10,15,18,21-28,30,32-48,54H2,1-2H3,(H,55,56)(H,58,59)/b7-5-,13-11-,14-12-,17-16-,20-19-,31-29-. The van der Waals surface area contributed by atoms with Crippen molar-refractivity contribution in [1.82, 2.24) is 5.32 Å². The minimum absolute atomic E-state index is 0.0365. The molecule has 0 fully saturated rings. The van der Waals surface area contributed by atoms with E-state index in [0.717, 1.165) is 103 Å². The largest absolute Gasteiger partial charge is 0.480 e. The third-order valence-corrected chi connectivity index (χ3v) is 10.8. The molecule has 0 aliphatic rings. The zero-order valence-electron chi connectivity index (χ0n) is 38.8. The number of rotatable bonds is 44. The maximum absolute atomic E-state index is 12.9. The summed E-state index contributed by atoms with van der Waals surface area (Å²) >= 11 is 0. The second-order valence-electron chi connectivity index (χ2n) is 16.5. The van der Waals surface area contributed by atoms with Gasteiger partial charge in [-0.1, -0.05) is 170 Å². The number of carboxylic acids is 1. The second-order valence-corrected chi connectivity index (χ2v) is 16.5. The van der Waals surface area contributed by atoms with Crippen molar-refractivity contribution < 1.29 is 24.2 Å². The maximum Gasteiger partial charge on any atom is 0.326 e. The molecular weight excluding hydrogens is 745 g/mol. The Kier molecular flexibility index (Phi) is 44.4. The van der Waals surface area contributed by atoms with Crippen molar-refractivity contribution in [3.8, 4) is 0 Å². The van der Waals surface area contributed by atoms with Crippen LogP contribution in [0.1, 0.15) is 226 Å². The summed E-state index contributed by atoms with van der Waals surface area (Å²) < 4.78 is 6.04. The first kappa shape index (κ1) is 56.8. The average Bonchev–Trinajstić information content (AvgIpc) is 3.23. The van der Waals surface area contributed by atoms with Gasteiger partial charge < -0.3 is 20.9 Å². The van der Waals surface area contributed by atoms with Crippen LogP contribution < -0.4 is 11.1 Å². The fraction of sp³-hybridized carbons (Fsp3) is 0.717. The summed E-state index contributed by atoms with van der Waals surface area (Å²) in [7, 11) is 0. The molecule has 0 aliphatic heterocycles. The van der Waals surface area contributed by atoms with Gasteiger partial charge in [0.05, 0.1) is 0 Å². The van der Waals surface area contributed by atoms with Gasteiger partial charge in [-0.2, -0.15) is 0 Å². The van der Waals surface area contributed by atoms with E-state index in [1.165, 1.54) is 83.5 Å². The summed E-state index contributed by atoms with van der Waals surface area (Å²) in [6.45, 7) is 4.81. The highest BCUT2D eigenvalue weighted by atomic mass is 16.5. The Labute approximate surface area is 369 Å². The molecule has 0 aromatic rings. The predicted octanol–water partition coefficient (Wildman–Crippen LogP) is 14.7. The first-order valence-electron chi connectivity index (χ1n) is 24.8. The van der Waals surface area contributed by atoms with Gasteiger partial charge in [0, 0.05) is 12.8 Å². The molecule has 0 saturated heterocycles. The van der Waals surface area contributed by atoms with Gasteiger partial charge in [-0.3, -0.25) is 9.59 Å². The molecule has 0 spiro atoms. The number of nitrogens with two attached hydrogens (primary N) is 1. The molecule has 2 atom stereocenters. The van der Waals surface area contributed by atoms with E-state index in [4.69, 9.17) is 10.5 Å². The molecule has 1 amide bonds. The lowest BCUT2D eigenvalue weighted by Crippen LogP contribution is -2.40.